The van der Waals surface area contributed by atoms with Crippen LogP contribution in [0, 0.1) is 0 Å². The molecule has 0 fully saturated rings. The SMILES string of the molecule is CCCCCC/C=C/[N+](CO)(C(CC)C(=O)[O-])C(CC)C(=O)O.[Li+]. The first kappa shape index (κ1) is 25.4. The predicted octanol–water partition coefficient (Wildman–Crippen LogP) is -1.37. The molecule has 2 N–H and O–H groups in total. The van der Waals surface area contributed by atoms with Crippen molar-refractivity contribution in [2.75, 3.05) is 6.73 Å². The van der Waals surface area contributed by atoms with Gasteiger partial charge in [-0.1, -0.05) is 40.0 Å². The van der Waals surface area contributed by atoms with Gasteiger partial charge in [-0.05, 0) is 18.9 Å². The monoisotopic (exact) mass is 336 g/mol. The van der Waals surface area contributed by atoms with Crippen molar-refractivity contribution in [3.05, 3.63) is 12.3 Å². The van der Waals surface area contributed by atoms with Crippen LogP contribution in [-0.4, -0.2) is 45.4 Å². The molecule has 134 valence electrons. The first-order valence-electron chi connectivity index (χ1n) is 8.50. The molecule has 0 spiro atoms. The Morgan fingerprint density at radius 1 is 1.08 bits per heavy atom. The van der Waals surface area contributed by atoms with E-state index >= 15 is 0 Å². The van der Waals surface area contributed by atoms with Gasteiger partial charge in [-0.2, -0.15) is 0 Å². The number of aliphatic hydroxyl groups excluding tert-OH is 1. The van der Waals surface area contributed by atoms with Gasteiger partial charge < -0.3 is 20.1 Å². The average Bonchev–Trinajstić information content (AvgIpc) is 2.50. The van der Waals surface area contributed by atoms with Gasteiger partial charge in [-0.25, -0.2) is 4.79 Å². The zero-order chi connectivity index (χ0) is 17.9. The first-order valence-corrected chi connectivity index (χ1v) is 8.50. The minimum Gasteiger partial charge on any atom is -0.544 e. The maximum atomic E-state index is 11.6. The van der Waals surface area contributed by atoms with E-state index in [-0.39, 0.29) is 31.7 Å². The third-order valence-electron chi connectivity index (χ3n) is 4.34. The standard InChI is InChI=1S/C17H31NO5.Li/c1-4-7-8-9-10-11-12-18(13-19,14(5-2)16(20)21)15(6-3)17(22)23;/h11-12,14-15,19H,4-10,13H2,1-3H3,(H-,20,21,22,23);/q;+1/b12-11+;. The molecule has 0 saturated carbocycles. The fourth-order valence-corrected chi connectivity index (χ4v) is 3.05. The van der Waals surface area contributed by atoms with Gasteiger partial charge in [0.1, 0.15) is 6.04 Å². The van der Waals surface area contributed by atoms with Gasteiger partial charge in [0.2, 0.25) is 0 Å². The molecule has 0 aromatic carbocycles. The van der Waals surface area contributed by atoms with E-state index in [1.54, 1.807) is 26.1 Å². The summed E-state index contributed by atoms with van der Waals surface area (Å²) in [5.41, 5.74) is 0. The van der Waals surface area contributed by atoms with Gasteiger partial charge in [0.25, 0.3) is 0 Å². The number of unbranched alkanes of at least 4 members (excludes halogenated alkanes) is 4. The molecule has 7 heteroatoms. The molecule has 0 aliphatic heterocycles. The molecule has 0 radical (unpaired) electrons. The van der Waals surface area contributed by atoms with Gasteiger partial charge in [0.05, 0.1) is 12.2 Å². The van der Waals surface area contributed by atoms with Crippen molar-refractivity contribution < 1.29 is 48.3 Å². The van der Waals surface area contributed by atoms with E-state index in [1.165, 1.54) is 0 Å². The van der Waals surface area contributed by atoms with Crippen molar-refractivity contribution in [1.82, 2.24) is 0 Å². The molecule has 0 aromatic rings. The number of hydrogen-bond donors (Lipinski definition) is 2. The number of aliphatic hydroxyl groups is 1. The Kier molecular flexibility index (Phi) is 14.3. The smallest absolute Gasteiger partial charge is 0.544 e. The first-order chi connectivity index (χ1) is 10.9. The zero-order valence-electron chi connectivity index (χ0n) is 15.5. The summed E-state index contributed by atoms with van der Waals surface area (Å²) in [6, 6.07) is -2.11. The Bertz CT molecular complexity index is 378. The van der Waals surface area contributed by atoms with Gasteiger partial charge in [-0.3, -0.25) is 4.48 Å². The maximum Gasteiger partial charge on any atom is 1.00 e. The summed E-state index contributed by atoms with van der Waals surface area (Å²) >= 11 is 0. The van der Waals surface area contributed by atoms with E-state index in [0.717, 1.165) is 32.1 Å². The van der Waals surface area contributed by atoms with E-state index in [2.05, 4.69) is 6.92 Å². The molecule has 3 unspecified atom stereocenters. The van der Waals surface area contributed by atoms with Crippen LogP contribution >= 0.6 is 0 Å². The van der Waals surface area contributed by atoms with Crippen LogP contribution in [0.1, 0.15) is 65.7 Å². The number of allylic oxidation sites excluding steroid dienone is 1. The molecular formula is C17H31LiNO5+. The number of rotatable bonds is 13. The Morgan fingerprint density at radius 3 is 2.04 bits per heavy atom. The second-order valence-electron chi connectivity index (χ2n) is 5.88. The maximum absolute atomic E-state index is 11.6. The van der Waals surface area contributed by atoms with Crippen LogP contribution in [0.15, 0.2) is 12.3 Å². The van der Waals surface area contributed by atoms with Crippen molar-refractivity contribution in [3.63, 3.8) is 0 Å². The van der Waals surface area contributed by atoms with Crippen molar-refractivity contribution in [3.8, 4) is 0 Å². The number of carboxylic acid groups (broad SMARTS) is 2. The van der Waals surface area contributed by atoms with Crippen molar-refractivity contribution in [1.29, 1.82) is 0 Å². The van der Waals surface area contributed by atoms with E-state index in [1.807, 2.05) is 0 Å². The van der Waals surface area contributed by atoms with Crippen molar-refractivity contribution in [2.45, 2.75) is 77.8 Å². The summed E-state index contributed by atoms with van der Waals surface area (Å²) in [6.45, 7) is 4.88. The number of aliphatic carboxylic acids is 2. The molecule has 0 aliphatic carbocycles. The molecule has 0 saturated heterocycles. The van der Waals surface area contributed by atoms with E-state index in [4.69, 9.17) is 0 Å². The van der Waals surface area contributed by atoms with Crippen LogP contribution in [0.25, 0.3) is 0 Å². The number of hydrogen-bond acceptors (Lipinski definition) is 4. The summed E-state index contributed by atoms with van der Waals surface area (Å²) in [6.07, 6.45) is 8.79. The van der Waals surface area contributed by atoms with Crippen LogP contribution in [0.2, 0.25) is 0 Å². The third-order valence-corrected chi connectivity index (χ3v) is 4.34. The van der Waals surface area contributed by atoms with Gasteiger partial charge in [0.15, 0.2) is 12.8 Å². The molecule has 0 aliphatic rings. The van der Waals surface area contributed by atoms with Crippen LogP contribution < -0.4 is 24.0 Å². The summed E-state index contributed by atoms with van der Waals surface area (Å²) in [5, 5.41) is 30.8. The minimum absolute atomic E-state index is 0. The quantitative estimate of drug-likeness (QED) is 0.187. The molecule has 24 heavy (non-hydrogen) atoms. The summed E-state index contributed by atoms with van der Waals surface area (Å²) < 4.78 is -0.515. The fraction of sp³-hybridized carbons (Fsp3) is 0.765. The summed E-state index contributed by atoms with van der Waals surface area (Å²) in [7, 11) is 0. The van der Waals surface area contributed by atoms with Crippen molar-refractivity contribution >= 4 is 11.9 Å². The minimum atomic E-state index is -1.34. The zero-order valence-corrected chi connectivity index (χ0v) is 15.5. The Balaban J connectivity index is 0. The van der Waals surface area contributed by atoms with Crippen LogP contribution in [0.3, 0.4) is 0 Å². The number of nitrogens with zero attached hydrogens (tertiary/aromatic N) is 1. The second-order valence-corrected chi connectivity index (χ2v) is 5.88. The topological polar surface area (TPSA) is 97.7 Å². The molecule has 6 nitrogen and oxygen atoms in total. The Morgan fingerprint density at radius 2 is 1.67 bits per heavy atom. The number of carbonyl (C=O) groups is 2. The van der Waals surface area contributed by atoms with Crippen LogP contribution in [-0.2, 0) is 9.59 Å². The van der Waals surface area contributed by atoms with E-state index in [9.17, 15) is 24.9 Å². The van der Waals surface area contributed by atoms with E-state index in [0.29, 0.717) is 0 Å². The number of carbonyl (C=O) groups excluding carboxylic acids is 1. The Labute approximate surface area is 157 Å². The molecule has 0 heterocycles. The number of quaternary nitrogens is 1. The third kappa shape index (κ3) is 6.98. The molecule has 0 aromatic heterocycles. The van der Waals surface area contributed by atoms with E-state index < -0.39 is 35.2 Å². The fourth-order valence-electron chi connectivity index (χ4n) is 3.05. The average molecular weight is 336 g/mol. The second kappa shape index (κ2) is 13.5. The summed E-state index contributed by atoms with van der Waals surface area (Å²) in [5.74, 6) is -2.45. The molecule has 0 amide bonds. The van der Waals surface area contributed by atoms with Crippen LogP contribution in [0.5, 0.6) is 0 Å². The predicted molar refractivity (Wildman–Crippen MR) is 86.0 cm³/mol. The van der Waals surface area contributed by atoms with Crippen LogP contribution in [0.4, 0.5) is 0 Å². The number of carboxylic acids is 2. The Hall–Kier alpha value is -0.803. The molecule has 0 rings (SSSR count). The molecular weight excluding hydrogens is 305 g/mol. The largest absolute Gasteiger partial charge is 1.00 e. The molecule has 3 atom stereocenters. The van der Waals surface area contributed by atoms with Gasteiger partial charge in [-0.15, -0.1) is 0 Å². The van der Waals surface area contributed by atoms with Gasteiger partial charge in [0, 0.05) is 12.8 Å². The summed E-state index contributed by atoms with van der Waals surface area (Å²) in [4.78, 5) is 23.1. The van der Waals surface area contributed by atoms with Crippen molar-refractivity contribution in [2.24, 2.45) is 0 Å². The van der Waals surface area contributed by atoms with Gasteiger partial charge >= 0.3 is 24.8 Å². The molecule has 0 bridgehead atoms. The normalized spacial score (nSPS) is 16.2.